The summed E-state index contributed by atoms with van der Waals surface area (Å²) in [5, 5.41) is 20.2. The zero-order valence-corrected chi connectivity index (χ0v) is 12.3. The van der Waals surface area contributed by atoms with Gasteiger partial charge in [0.1, 0.15) is 0 Å². The van der Waals surface area contributed by atoms with Crippen LogP contribution in [-0.4, -0.2) is 33.6 Å². The van der Waals surface area contributed by atoms with Gasteiger partial charge in [-0.2, -0.15) is 5.10 Å². The van der Waals surface area contributed by atoms with E-state index in [1.807, 2.05) is 23.9 Å². The third kappa shape index (κ3) is 2.23. The predicted molar refractivity (Wildman–Crippen MR) is 80.6 cm³/mol. The van der Waals surface area contributed by atoms with Crippen molar-refractivity contribution in [2.45, 2.75) is 31.8 Å². The van der Waals surface area contributed by atoms with Crippen LogP contribution in [0, 0.1) is 5.92 Å². The summed E-state index contributed by atoms with van der Waals surface area (Å²) >= 11 is 0. The van der Waals surface area contributed by atoms with E-state index >= 15 is 0 Å². The van der Waals surface area contributed by atoms with Crippen molar-refractivity contribution in [2.24, 2.45) is 13.0 Å². The van der Waals surface area contributed by atoms with E-state index in [0.717, 1.165) is 42.5 Å². The molecule has 2 N–H and O–H groups in total. The average Bonchev–Trinajstić information content (AvgIpc) is 2.76. The molecule has 1 fully saturated rings. The smallest absolute Gasteiger partial charge is 0.0756 e. The van der Waals surface area contributed by atoms with Crippen molar-refractivity contribution in [3.63, 3.8) is 0 Å². The number of aliphatic hydroxyl groups is 1. The SMILES string of the molecule is CCC1CNCCC1(O)Cc1nn(C)c2ccccc12. The van der Waals surface area contributed by atoms with E-state index in [2.05, 4.69) is 29.5 Å². The molecule has 0 spiro atoms. The molecule has 1 aliphatic heterocycles. The number of hydrogen-bond donors (Lipinski definition) is 2. The molecule has 20 heavy (non-hydrogen) atoms. The van der Waals surface area contributed by atoms with E-state index in [1.165, 1.54) is 0 Å². The molecule has 0 amide bonds. The lowest BCUT2D eigenvalue weighted by atomic mass is 9.77. The van der Waals surface area contributed by atoms with Gasteiger partial charge in [0.05, 0.1) is 16.8 Å². The Morgan fingerprint density at radius 3 is 3.05 bits per heavy atom. The molecule has 2 atom stereocenters. The Hall–Kier alpha value is -1.39. The molecule has 4 nitrogen and oxygen atoms in total. The van der Waals surface area contributed by atoms with Crippen molar-refractivity contribution in [1.29, 1.82) is 0 Å². The molecule has 2 heterocycles. The van der Waals surface area contributed by atoms with Gasteiger partial charge in [0.15, 0.2) is 0 Å². The summed E-state index contributed by atoms with van der Waals surface area (Å²) in [6, 6.07) is 8.25. The molecular weight excluding hydrogens is 250 g/mol. The number of nitrogens with zero attached hydrogens (tertiary/aromatic N) is 2. The summed E-state index contributed by atoms with van der Waals surface area (Å²) in [4.78, 5) is 0. The normalized spacial score (nSPS) is 27.1. The standard InChI is InChI=1S/C16H23N3O/c1-3-12-11-17-9-8-16(12,20)10-14-13-6-4-5-7-15(13)19(2)18-14/h4-7,12,17,20H,3,8-11H2,1-2H3. The second-order valence-electron chi connectivity index (χ2n) is 5.93. The van der Waals surface area contributed by atoms with Crippen LogP contribution in [0.25, 0.3) is 10.9 Å². The number of piperidine rings is 1. The molecule has 4 heteroatoms. The highest BCUT2D eigenvalue weighted by Crippen LogP contribution is 2.32. The van der Waals surface area contributed by atoms with Gasteiger partial charge < -0.3 is 10.4 Å². The second-order valence-corrected chi connectivity index (χ2v) is 5.93. The van der Waals surface area contributed by atoms with E-state index < -0.39 is 5.60 Å². The van der Waals surface area contributed by atoms with Crippen molar-refractivity contribution in [2.75, 3.05) is 13.1 Å². The molecule has 2 aromatic rings. The minimum atomic E-state index is -0.628. The summed E-state index contributed by atoms with van der Waals surface area (Å²) in [6.45, 7) is 3.94. The van der Waals surface area contributed by atoms with Crippen molar-refractivity contribution in [3.05, 3.63) is 30.0 Å². The number of nitrogens with one attached hydrogen (secondary N) is 1. The van der Waals surface area contributed by atoms with Crippen LogP contribution in [0.3, 0.4) is 0 Å². The number of rotatable bonds is 3. The van der Waals surface area contributed by atoms with Crippen LogP contribution in [0.1, 0.15) is 25.5 Å². The van der Waals surface area contributed by atoms with Crippen LogP contribution in [-0.2, 0) is 13.5 Å². The van der Waals surface area contributed by atoms with Crippen molar-refractivity contribution >= 4 is 10.9 Å². The van der Waals surface area contributed by atoms with E-state index in [9.17, 15) is 5.11 Å². The first-order chi connectivity index (χ1) is 9.64. The van der Waals surface area contributed by atoms with E-state index in [0.29, 0.717) is 12.3 Å². The zero-order chi connectivity index (χ0) is 14.2. The first kappa shape index (κ1) is 13.6. The van der Waals surface area contributed by atoms with Gasteiger partial charge in [-0.1, -0.05) is 25.1 Å². The van der Waals surface area contributed by atoms with E-state index in [4.69, 9.17) is 0 Å². The van der Waals surface area contributed by atoms with Crippen LogP contribution in [0.2, 0.25) is 0 Å². The van der Waals surface area contributed by atoms with Gasteiger partial charge >= 0.3 is 0 Å². The summed E-state index contributed by atoms with van der Waals surface area (Å²) in [5.74, 6) is 0.303. The maximum atomic E-state index is 11.1. The molecule has 1 aliphatic rings. The molecule has 108 valence electrons. The van der Waals surface area contributed by atoms with E-state index in [-0.39, 0.29) is 0 Å². The minimum Gasteiger partial charge on any atom is -0.389 e. The van der Waals surface area contributed by atoms with Crippen LogP contribution in [0.15, 0.2) is 24.3 Å². The monoisotopic (exact) mass is 273 g/mol. The molecule has 0 aliphatic carbocycles. The number of aromatic nitrogens is 2. The van der Waals surface area contributed by atoms with Crippen LogP contribution in [0.5, 0.6) is 0 Å². The number of aryl methyl sites for hydroxylation is 1. The third-order valence-corrected chi connectivity index (χ3v) is 4.69. The maximum Gasteiger partial charge on any atom is 0.0756 e. The summed E-state index contributed by atoms with van der Waals surface area (Å²) in [6.07, 6.45) is 2.44. The highest BCUT2D eigenvalue weighted by molar-refractivity contribution is 5.81. The van der Waals surface area contributed by atoms with E-state index in [1.54, 1.807) is 0 Å². The number of hydrogen-bond acceptors (Lipinski definition) is 3. The number of fused-ring (bicyclic) bond motifs is 1. The second kappa shape index (κ2) is 5.19. The average molecular weight is 273 g/mol. The van der Waals surface area contributed by atoms with Gasteiger partial charge in [-0.05, 0) is 25.5 Å². The van der Waals surface area contributed by atoms with Gasteiger partial charge in [-0.25, -0.2) is 0 Å². The lowest BCUT2D eigenvalue weighted by molar-refractivity contribution is -0.0419. The van der Waals surface area contributed by atoms with Gasteiger partial charge in [0.2, 0.25) is 0 Å². The molecule has 1 saturated heterocycles. The Labute approximate surface area is 119 Å². The number of para-hydroxylation sites is 1. The fraction of sp³-hybridized carbons (Fsp3) is 0.562. The quantitative estimate of drug-likeness (QED) is 0.897. The molecular formula is C16H23N3O. The third-order valence-electron chi connectivity index (χ3n) is 4.69. The van der Waals surface area contributed by atoms with Crippen LogP contribution in [0.4, 0.5) is 0 Å². The zero-order valence-electron chi connectivity index (χ0n) is 12.3. The largest absolute Gasteiger partial charge is 0.389 e. The Balaban J connectivity index is 1.96. The van der Waals surface area contributed by atoms with Gasteiger partial charge in [0, 0.05) is 31.3 Å². The molecule has 2 unspecified atom stereocenters. The van der Waals surface area contributed by atoms with Gasteiger partial charge in [0.25, 0.3) is 0 Å². The molecule has 1 aromatic heterocycles. The Morgan fingerprint density at radius 2 is 2.25 bits per heavy atom. The predicted octanol–water partition coefficient (Wildman–Crippen LogP) is 1.87. The topological polar surface area (TPSA) is 50.1 Å². The van der Waals surface area contributed by atoms with Crippen molar-refractivity contribution in [1.82, 2.24) is 15.1 Å². The first-order valence-electron chi connectivity index (χ1n) is 7.48. The molecule has 0 bridgehead atoms. The summed E-state index contributed by atoms with van der Waals surface area (Å²) < 4.78 is 1.91. The van der Waals surface area contributed by atoms with Crippen molar-refractivity contribution in [3.8, 4) is 0 Å². The summed E-state index contributed by atoms with van der Waals surface area (Å²) in [7, 11) is 1.97. The van der Waals surface area contributed by atoms with Gasteiger partial charge in [-0.3, -0.25) is 4.68 Å². The molecule has 0 radical (unpaired) electrons. The lowest BCUT2D eigenvalue weighted by Crippen LogP contribution is -2.51. The van der Waals surface area contributed by atoms with Crippen LogP contribution < -0.4 is 5.32 Å². The fourth-order valence-corrected chi connectivity index (χ4v) is 3.44. The lowest BCUT2D eigenvalue weighted by Gasteiger charge is -2.39. The Bertz CT molecular complexity index is 607. The fourth-order valence-electron chi connectivity index (χ4n) is 3.44. The molecule has 1 aromatic carbocycles. The van der Waals surface area contributed by atoms with Gasteiger partial charge in [-0.15, -0.1) is 0 Å². The highest BCUT2D eigenvalue weighted by atomic mass is 16.3. The summed E-state index contributed by atoms with van der Waals surface area (Å²) in [5.41, 5.74) is 1.52. The molecule has 3 rings (SSSR count). The number of benzene rings is 1. The highest BCUT2D eigenvalue weighted by Gasteiger charge is 2.38. The van der Waals surface area contributed by atoms with Crippen LogP contribution >= 0.6 is 0 Å². The van der Waals surface area contributed by atoms with Crippen molar-refractivity contribution < 1.29 is 5.11 Å². The Kier molecular flexibility index (Phi) is 3.52. The first-order valence-corrected chi connectivity index (χ1v) is 7.48. The maximum absolute atomic E-state index is 11.1. The molecule has 0 saturated carbocycles. The minimum absolute atomic E-state index is 0.303. The Morgan fingerprint density at radius 1 is 1.45 bits per heavy atom.